The number of rotatable bonds is 3. The molecule has 0 atom stereocenters. The number of amides is 1. The van der Waals surface area contributed by atoms with Gasteiger partial charge in [-0.2, -0.15) is 0 Å². The van der Waals surface area contributed by atoms with Crippen molar-refractivity contribution in [2.24, 2.45) is 0 Å². The van der Waals surface area contributed by atoms with E-state index < -0.39 is 0 Å². The molecule has 2 heterocycles. The van der Waals surface area contributed by atoms with Crippen LogP contribution in [0.2, 0.25) is 5.15 Å². The minimum absolute atomic E-state index is 0.0299. The number of anilines is 2. The lowest BCUT2D eigenvalue weighted by molar-refractivity contribution is -0.110. The third-order valence-electron chi connectivity index (χ3n) is 3.12. The average Bonchev–Trinajstić information content (AvgIpc) is 2.80. The predicted molar refractivity (Wildman–Crippen MR) is 81.8 cm³/mol. The summed E-state index contributed by atoms with van der Waals surface area (Å²) in [6, 6.07) is 10.7. The molecule has 0 bridgehead atoms. The van der Waals surface area contributed by atoms with Gasteiger partial charge in [0.25, 0.3) is 5.91 Å². The number of carbonyl (C=O) groups is 1. The van der Waals surface area contributed by atoms with Gasteiger partial charge in [-0.3, -0.25) is 4.79 Å². The summed E-state index contributed by atoms with van der Waals surface area (Å²) in [5.41, 5.74) is 2.78. The summed E-state index contributed by atoms with van der Waals surface area (Å²) in [5.74, 6) is 0.232. The molecule has 3 rings (SSSR count). The maximum Gasteiger partial charge on any atom is 0.259 e. The molecule has 6 heteroatoms. The number of nitrogens with zero attached hydrogens (tertiary/aromatic N) is 1. The number of aromatic nitrogens is 1. The minimum atomic E-state index is -0.231. The van der Waals surface area contributed by atoms with E-state index >= 15 is 0 Å². The highest BCUT2D eigenvalue weighted by molar-refractivity contribution is 6.33. The normalized spacial score (nSPS) is 15.0. The lowest BCUT2D eigenvalue weighted by Crippen LogP contribution is -2.05. The molecule has 1 amide bonds. The number of halogens is 1. The molecule has 1 aromatic heterocycles. The van der Waals surface area contributed by atoms with Crippen LogP contribution in [0.15, 0.2) is 42.6 Å². The van der Waals surface area contributed by atoms with E-state index in [1.165, 1.54) is 0 Å². The molecule has 21 heavy (non-hydrogen) atoms. The van der Waals surface area contributed by atoms with Gasteiger partial charge < -0.3 is 15.7 Å². The lowest BCUT2D eigenvalue weighted by Gasteiger charge is -2.04. The highest BCUT2D eigenvalue weighted by Gasteiger charge is 2.25. The van der Waals surface area contributed by atoms with E-state index in [1.807, 2.05) is 24.3 Å². The Hall–Kier alpha value is -2.37. The van der Waals surface area contributed by atoms with Crippen LogP contribution in [0.4, 0.5) is 11.5 Å². The van der Waals surface area contributed by atoms with Crippen molar-refractivity contribution in [1.82, 2.24) is 4.98 Å². The van der Waals surface area contributed by atoms with Crippen molar-refractivity contribution in [2.75, 3.05) is 10.6 Å². The molecule has 0 fully saturated rings. The Labute approximate surface area is 126 Å². The van der Waals surface area contributed by atoms with Crippen molar-refractivity contribution in [3.8, 4) is 0 Å². The zero-order valence-electron chi connectivity index (χ0n) is 10.9. The topological polar surface area (TPSA) is 74.2 Å². The number of fused-ring (bicyclic) bond motifs is 1. The van der Waals surface area contributed by atoms with Crippen LogP contribution >= 0.6 is 11.6 Å². The molecule has 0 saturated heterocycles. The zero-order valence-corrected chi connectivity index (χ0v) is 11.7. The Morgan fingerprint density at radius 2 is 2.19 bits per heavy atom. The first-order valence-corrected chi connectivity index (χ1v) is 6.70. The Morgan fingerprint density at radius 3 is 3.00 bits per heavy atom. The SMILES string of the molecule is O=C1Nc2nc(Cl)ccc2C1=CNc1cccc(CO)c1. The standard InChI is InChI=1S/C15H12ClN3O2/c16-13-5-4-11-12(15(21)19-14(11)18-13)7-17-10-3-1-2-9(6-10)8-20/h1-7,17,20H,8H2,(H,18,19,21). The van der Waals surface area contributed by atoms with Gasteiger partial charge in [-0.1, -0.05) is 23.7 Å². The molecule has 0 aliphatic carbocycles. The van der Waals surface area contributed by atoms with Crippen molar-refractivity contribution >= 4 is 34.6 Å². The van der Waals surface area contributed by atoms with Gasteiger partial charge in [0.1, 0.15) is 11.0 Å². The van der Waals surface area contributed by atoms with Crippen molar-refractivity contribution in [2.45, 2.75) is 6.61 Å². The molecule has 3 N–H and O–H groups in total. The number of hydrogen-bond acceptors (Lipinski definition) is 4. The first kappa shape index (κ1) is 13.6. The van der Waals surface area contributed by atoms with Crippen LogP contribution in [0.3, 0.4) is 0 Å². The first-order chi connectivity index (χ1) is 10.2. The molecule has 106 valence electrons. The maximum atomic E-state index is 11.9. The van der Waals surface area contributed by atoms with Gasteiger partial charge in [0, 0.05) is 17.5 Å². The van der Waals surface area contributed by atoms with E-state index in [0.717, 1.165) is 11.3 Å². The maximum absolute atomic E-state index is 11.9. The molecule has 0 saturated carbocycles. The molecule has 2 aromatic rings. The number of nitrogens with one attached hydrogen (secondary N) is 2. The van der Waals surface area contributed by atoms with Crippen LogP contribution in [0.25, 0.3) is 5.57 Å². The summed E-state index contributed by atoms with van der Waals surface area (Å²) in [4.78, 5) is 16.0. The number of hydrogen-bond donors (Lipinski definition) is 3. The Kier molecular flexibility index (Phi) is 3.60. The summed E-state index contributed by atoms with van der Waals surface area (Å²) in [6.07, 6.45) is 1.62. The minimum Gasteiger partial charge on any atom is -0.392 e. The molecule has 5 nitrogen and oxygen atoms in total. The van der Waals surface area contributed by atoms with Crippen LogP contribution in [0.5, 0.6) is 0 Å². The van der Waals surface area contributed by atoms with Gasteiger partial charge in [0.05, 0.1) is 12.2 Å². The number of pyridine rings is 1. The monoisotopic (exact) mass is 301 g/mol. The molecular weight excluding hydrogens is 290 g/mol. The van der Waals surface area contributed by atoms with Crippen LogP contribution in [0.1, 0.15) is 11.1 Å². The zero-order chi connectivity index (χ0) is 14.8. The van der Waals surface area contributed by atoms with E-state index in [4.69, 9.17) is 16.7 Å². The molecule has 0 spiro atoms. The second kappa shape index (κ2) is 5.55. The van der Waals surface area contributed by atoms with Crippen molar-refractivity contribution in [3.63, 3.8) is 0 Å². The average molecular weight is 302 g/mol. The number of benzene rings is 1. The van der Waals surface area contributed by atoms with Gasteiger partial charge in [-0.15, -0.1) is 0 Å². The smallest absolute Gasteiger partial charge is 0.259 e. The lowest BCUT2D eigenvalue weighted by atomic mass is 10.1. The quantitative estimate of drug-likeness (QED) is 0.602. The fraction of sp³-hybridized carbons (Fsp3) is 0.0667. The van der Waals surface area contributed by atoms with Crippen LogP contribution < -0.4 is 10.6 Å². The van der Waals surface area contributed by atoms with Gasteiger partial charge in [-0.25, -0.2) is 4.98 Å². The van der Waals surface area contributed by atoms with Crippen molar-refractivity contribution in [1.29, 1.82) is 0 Å². The van der Waals surface area contributed by atoms with Crippen LogP contribution in [0, 0.1) is 0 Å². The predicted octanol–water partition coefficient (Wildman–Crippen LogP) is 2.63. The van der Waals surface area contributed by atoms with Gasteiger partial charge in [0.15, 0.2) is 0 Å². The Morgan fingerprint density at radius 1 is 1.33 bits per heavy atom. The Bertz CT molecular complexity index is 743. The van der Waals surface area contributed by atoms with E-state index in [2.05, 4.69) is 15.6 Å². The fourth-order valence-corrected chi connectivity index (χ4v) is 2.25. The third-order valence-corrected chi connectivity index (χ3v) is 3.33. The van der Waals surface area contributed by atoms with Gasteiger partial charge >= 0.3 is 0 Å². The molecular formula is C15H12ClN3O2. The van der Waals surface area contributed by atoms with Gasteiger partial charge in [0.2, 0.25) is 0 Å². The number of carbonyl (C=O) groups excluding carboxylic acids is 1. The van der Waals surface area contributed by atoms with Gasteiger partial charge in [-0.05, 0) is 29.8 Å². The summed E-state index contributed by atoms with van der Waals surface area (Å²) >= 11 is 5.80. The molecule has 1 aromatic carbocycles. The highest BCUT2D eigenvalue weighted by atomic mass is 35.5. The molecule has 0 radical (unpaired) electrons. The largest absolute Gasteiger partial charge is 0.392 e. The fourth-order valence-electron chi connectivity index (χ4n) is 2.10. The number of aliphatic hydroxyl groups is 1. The van der Waals surface area contributed by atoms with E-state index in [9.17, 15) is 4.79 Å². The summed E-state index contributed by atoms with van der Waals surface area (Å²) in [5, 5.41) is 15.2. The van der Waals surface area contributed by atoms with Crippen LogP contribution in [-0.2, 0) is 11.4 Å². The third kappa shape index (κ3) is 2.74. The highest BCUT2D eigenvalue weighted by Crippen LogP contribution is 2.31. The van der Waals surface area contributed by atoms with E-state index in [-0.39, 0.29) is 12.5 Å². The second-order valence-electron chi connectivity index (χ2n) is 4.55. The summed E-state index contributed by atoms with van der Waals surface area (Å²) in [7, 11) is 0. The van der Waals surface area contributed by atoms with Crippen LogP contribution in [-0.4, -0.2) is 16.0 Å². The second-order valence-corrected chi connectivity index (χ2v) is 4.93. The molecule has 0 unspecified atom stereocenters. The first-order valence-electron chi connectivity index (χ1n) is 6.32. The van der Waals surface area contributed by atoms with Crippen molar-refractivity contribution in [3.05, 3.63) is 58.9 Å². The molecule has 1 aliphatic heterocycles. The van der Waals surface area contributed by atoms with Crippen molar-refractivity contribution < 1.29 is 9.90 Å². The van der Waals surface area contributed by atoms with E-state index in [0.29, 0.717) is 22.1 Å². The summed E-state index contributed by atoms with van der Waals surface area (Å²) in [6.45, 7) is -0.0299. The van der Waals surface area contributed by atoms with E-state index in [1.54, 1.807) is 18.3 Å². The number of aliphatic hydroxyl groups excluding tert-OH is 1. The Balaban J connectivity index is 1.88. The molecule has 1 aliphatic rings. The summed E-state index contributed by atoms with van der Waals surface area (Å²) < 4.78 is 0.